The molecule has 1 atom stereocenters. The van der Waals surface area contributed by atoms with Crippen LogP contribution in [0.4, 0.5) is 4.39 Å². The van der Waals surface area contributed by atoms with Crippen molar-refractivity contribution in [3.63, 3.8) is 0 Å². The largest absolute Gasteiger partial charge is 0.257 e. The molecule has 1 aliphatic rings. The van der Waals surface area contributed by atoms with Crippen molar-refractivity contribution in [2.24, 2.45) is 0 Å². The molecule has 1 aliphatic heterocycles. The molecule has 0 N–H and O–H groups in total. The Morgan fingerprint density at radius 3 is 2.67 bits per heavy atom. The fraction of sp³-hybridized carbons (Fsp3) is 0.389. The predicted octanol–water partition coefficient (Wildman–Crippen LogP) is 2.95. The van der Waals surface area contributed by atoms with Crippen LogP contribution in [-0.2, 0) is 16.4 Å². The minimum Gasteiger partial charge on any atom is -0.257 e. The summed E-state index contributed by atoms with van der Waals surface area (Å²) in [6.45, 7) is 1.08. The molecule has 0 bridgehead atoms. The van der Waals surface area contributed by atoms with Gasteiger partial charge in [0.2, 0.25) is 10.0 Å². The molecule has 0 spiro atoms. The van der Waals surface area contributed by atoms with Crippen LogP contribution in [0.1, 0.15) is 35.7 Å². The Hall–Kier alpha value is -1.79. The summed E-state index contributed by atoms with van der Waals surface area (Å²) in [4.78, 5) is 4.72. The van der Waals surface area contributed by atoms with Crippen molar-refractivity contribution < 1.29 is 12.8 Å². The van der Waals surface area contributed by atoms with Crippen molar-refractivity contribution >= 4 is 10.0 Å². The minimum absolute atomic E-state index is 0.127. The first-order valence-electron chi connectivity index (χ1n) is 8.07. The second kappa shape index (κ2) is 6.99. The number of halogens is 1. The Bertz CT molecular complexity index is 806. The molecule has 1 aromatic heterocycles. The van der Waals surface area contributed by atoms with E-state index in [0.717, 1.165) is 29.8 Å². The van der Waals surface area contributed by atoms with Gasteiger partial charge >= 0.3 is 0 Å². The van der Waals surface area contributed by atoms with Crippen LogP contribution in [0, 0.1) is 5.82 Å². The van der Waals surface area contributed by atoms with Crippen LogP contribution >= 0.6 is 0 Å². The quantitative estimate of drug-likeness (QED) is 0.854. The molecule has 3 rings (SSSR count). The van der Waals surface area contributed by atoms with Crippen LogP contribution in [-0.4, -0.2) is 37.1 Å². The molecule has 0 radical (unpaired) electrons. The third kappa shape index (κ3) is 4.19. The molecule has 4 nitrogen and oxygen atoms in total. The number of benzene rings is 1. The highest BCUT2D eigenvalue weighted by atomic mass is 32.2. The lowest BCUT2D eigenvalue weighted by Gasteiger charge is -2.30. The number of hydrogen-bond acceptors (Lipinski definition) is 3. The topological polar surface area (TPSA) is 50.3 Å². The third-order valence-corrected chi connectivity index (χ3v) is 5.67. The molecule has 1 unspecified atom stereocenters. The summed E-state index contributed by atoms with van der Waals surface area (Å²) in [5, 5.41) is 0. The normalized spacial score (nSPS) is 19.3. The van der Waals surface area contributed by atoms with Gasteiger partial charge in [0.15, 0.2) is 0 Å². The van der Waals surface area contributed by atoms with E-state index in [4.69, 9.17) is 4.98 Å². The number of aromatic nitrogens is 1. The Morgan fingerprint density at radius 1 is 1.21 bits per heavy atom. The standard InChI is InChI=1S/C18H21FN2O2S/c1-24(22,23)21-11-3-4-15(13-21)18-6-2-5-17(20-18)12-14-7-9-16(19)10-8-14/h2,5-10,15H,3-4,11-13H2,1H3. The molecule has 1 aromatic carbocycles. The Kier molecular flexibility index (Phi) is 4.96. The van der Waals surface area contributed by atoms with E-state index in [0.29, 0.717) is 19.5 Å². The Labute approximate surface area is 142 Å². The lowest BCUT2D eigenvalue weighted by molar-refractivity contribution is 0.314. The van der Waals surface area contributed by atoms with Gasteiger partial charge in [0.1, 0.15) is 5.82 Å². The van der Waals surface area contributed by atoms with Crippen LogP contribution in [0.2, 0.25) is 0 Å². The van der Waals surface area contributed by atoms with E-state index in [2.05, 4.69) is 0 Å². The highest BCUT2D eigenvalue weighted by Gasteiger charge is 2.27. The average molecular weight is 348 g/mol. The monoisotopic (exact) mass is 348 g/mol. The maximum absolute atomic E-state index is 13.0. The zero-order chi connectivity index (χ0) is 17.2. The zero-order valence-corrected chi connectivity index (χ0v) is 14.5. The molecule has 0 saturated carbocycles. The van der Waals surface area contributed by atoms with Gasteiger partial charge in [-0.1, -0.05) is 18.2 Å². The molecule has 128 valence electrons. The number of pyridine rings is 1. The maximum atomic E-state index is 13.0. The van der Waals surface area contributed by atoms with Gasteiger partial charge in [-0.2, -0.15) is 0 Å². The fourth-order valence-electron chi connectivity index (χ4n) is 3.12. The van der Waals surface area contributed by atoms with Gasteiger partial charge in [0.25, 0.3) is 0 Å². The SMILES string of the molecule is CS(=O)(=O)N1CCCC(c2cccc(Cc3ccc(F)cc3)n2)C1. The van der Waals surface area contributed by atoms with E-state index in [1.165, 1.54) is 22.7 Å². The number of rotatable bonds is 4. The summed E-state index contributed by atoms with van der Waals surface area (Å²) >= 11 is 0. The molecule has 0 amide bonds. The zero-order valence-electron chi connectivity index (χ0n) is 13.7. The summed E-state index contributed by atoms with van der Waals surface area (Å²) in [5.41, 5.74) is 2.85. The molecule has 2 aromatic rings. The van der Waals surface area contributed by atoms with Gasteiger partial charge in [0.05, 0.1) is 6.26 Å². The van der Waals surface area contributed by atoms with Crippen LogP contribution in [0.25, 0.3) is 0 Å². The van der Waals surface area contributed by atoms with Crippen LogP contribution in [0.15, 0.2) is 42.5 Å². The minimum atomic E-state index is -3.16. The third-order valence-electron chi connectivity index (χ3n) is 4.40. The van der Waals surface area contributed by atoms with Gasteiger partial charge in [-0.25, -0.2) is 17.1 Å². The van der Waals surface area contributed by atoms with Gasteiger partial charge < -0.3 is 0 Å². The second-order valence-electron chi connectivity index (χ2n) is 6.32. The van der Waals surface area contributed by atoms with E-state index in [1.54, 1.807) is 12.1 Å². The smallest absolute Gasteiger partial charge is 0.211 e. The van der Waals surface area contributed by atoms with Gasteiger partial charge in [0, 0.05) is 36.8 Å². The average Bonchev–Trinajstić information content (AvgIpc) is 2.57. The highest BCUT2D eigenvalue weighted by Crippen LogP contribution is 2.27. The van der Waals surface area contributed by atoms with Crippen molar-refractivity contribution in [1.82, 2.24) is 9.29 Å². The first kappa shape index (κ1) is 17.0. The first-order chi connectivity index (χ1) is 11.4. The number of nitrogens with zero attached hydrogens (tertiary/aromatic N) is 2. The number of hydrogen-bond donors (Lipinski definition) is 0. The van der Waals surface area contributed by atoms with Crippen LogP contribution in [0.3, 0.4) is 0 Å². The van der Waals surface area contributed by atoms with E-state index in [9.17, 15) is 12.8 Å². The van der Waals surface area contributed by atoms with Crippen LogP contribution in [0.5, 0.6) is 0 Å². The van der Waals surface area contributed by atoms with Gasteiger partial charge in [-0.05, 0) is 42.7 Å². The summed E-state index contributed by atoms with van der Waals surface area (Å²) in [7, 11) is -3.16. The predicted molar refractivity (Wildman–Crippen MR) is 91.8 cm³/mol. The van der Waals surface area contributed by atoms with Crippen molar-refractivity contribution in [2.45, 2.75) is 25.2 Å². The van der Waals surface area contributed by atoms with E-state index >= 15 is 0 Å². The molecular weight excluding hydrogens is 327 g/mol. The van der Waals surface area contributed by atoms with E-state index in [-0.39, 0.29) is 11.7 Å². The van der Waals surface area contributed by atoms with Gasteiger partial charge in [-0.15, -0.1) is 0 Å². The molecule has 1 fully saturated rings. The summed E-state index contributed by atoms with van der Waals surface area (Å²) < 4.78 is 38.1. The molecule has 2 heterocycles. The molecule has 6 heteroatoms. The van der Waals surface area contributed by atoms with Crippen molar-refractivity contribution in [3.05, 3.63) is 65.2 Å². The van der Waals surface area contributed by atoms with Crippen LogP contribution < -0.4 is 0 Å². The molecule has 0 aliphatic carbocycles. The van der Waals surface area contributed by atoms with E-state index in [1.807, 2.05) is 18.2 Å². The summed E-state index contributed by atoms with van der Waals surface area (Å²) in [5.74, 6) is -0.120. The number of piperidine rings is 1. The first-order valence-corrected chi connectivity index (χ1v) is 9.92. The summed E-state index contributed by atoms with van der Waals surface area (Å²) in [6.07, 6.45) is 3.69. The van der Waals surface area contributed by atoms with Crippen molar-refractivity contribution in [3.8, 4) is 0 Å². The van der Waals surface area contributed by atoms with E-state index < -0.39 is 10.0 Å². The second-order valence-corrected chi connectivity index (χ2v) is 8.30. The molecule has 1 saturated heterocycles. The Morgan fingerprint density at radius 2 is 1.96 bits per heavy atom. The fourth-order valence-corrected chi connectivity index (χ4v) is 4.03. The summed E-state index contributed by atoms with van der Waals surface area (Å²) in [6, 6.07) is 12.3. The highest BCUT2D eigenvalue weighted by molar-refractivity contribution is 7.88. The maximum Gasteiger partial charge on any atom is 0.211 e. The lowest BCUT2D eigenvalue weighted by atomic mass is 9.95. The lowest BCUT2D eigenvalue weighted by Crippen LogP contribution is -2.38. The molecule has 24 heavy (non-hydrogen) atoms. The van der Waals surface area contributed by atoms with Gasteiger partial charge in [-0.3, -0.25) is 4.98 Å². The number of sulfonamides is 1. The van der Waals surface area contributed by atoms with Crippen molar-refractivity contribution in [1.29, 1.82) is 0 Å². The molecular formula is C18H21FN2O2S. The Balaban J connectivity index is 1.76. The van der Waals surface area contributed by atoms with Crippen molar-refractivity contribution in [2.75, 3.05) is 19.3 Å².